The molecule has 0 aliphatic carbocycles. The highest BCUT2D eigenvalue weighted by Crippen LogP contribution is 2.33. The number of fused-ring (bicyclic) bond motifs is 1. The molecule has 5 heteroatoms. The second-order valence-corrected chi connectivity index (χ2v) is 5.83. The maximum atomic E-state index is 13.5. The van der Waals surface area contributed by atoms with E-state index in [4.69, 9.17) is 9.47 Å². The normalized spacial score (nSPS) is 14.5. The van der Waals surface area contributed by atoms with Gasteiger partial charge in [-0.05, 0) is 41.8 Å². The van der Waals surface area contributed by atoms with E-state index in [9.17, 15) is 9.50 Å². The van der Waals surface area contributed by atoms with Crippen LogP contribution in [-0.2, 0) is 13.2 Å². The first-order valence-electron chi connectivity index (χ1n) is 8.22. The maximum absolute atomic E-state index is 13.5. The molecule has 1 aliphatic rings. The van der Waals surface area contributed by atoms with Gasteiger partial charge in [0.2, 0.25) is 0 Å². The second-order valence-electron chi connectivity index (χ2n) is 5.83. The van der Waals surface area contributed by atoms with E-state index in [0.29, 0.717) is 25.3 Å². The van der Waals surface area contributed by atoms with E-state index in [1.807, 2.05) is 18.2 Å². The molecule has 1 heterocycles. The Labute approximate surface area is 141 Å². The fourth-order valence-electron chi connectivity index (χ4n) is 2.87. The molecule has 4 nitrogen and oxygen atoms in total. The minimum Gasteiger partial charge on any atom is -0.486 e. The Hall–Kier alpha value is -2.11. The van der Waals surface area contributed by atoms with Crippen LogP contribution < -0.4 is 14.8 Å². The molecule has 0 radical (unpaired) electrons. The van der Waals surface area contributed by atoms with E-state index in [1.165, 1.54) is 6.07 Å². The molecule has 2 aromatic rings. The van der Waals surface area contributed by atoms with Crippen molar-refractivity contribution in [1.82, 2.24) is 5.32 Å². The molecule has 1 atom stereocenters. The molecule has 0 saturated heterocycles. The Bertz CT molecular complexity index is 705. The van der Waals surface area contributed by atoms with Crippen LogP contribution in [0.3, 0.4) is 0 Å². The number of nitrogens with one attached hydrogen (secondary N) is 1. The van der Waals surface area contributed by atoms with Gasteiger partial charge in [0, 0.05) is 18.2 Å². The number of rotatable bonds is 6. The molecule has 2 aromatic carbocycles. The van der Waals surface area contributed by atoms with Gasteiger partial charge in [-0.2, -0.15) is 0 Å². The van der Waals surface area contributed by atoms with Crippen LogP contribution in [0.1, 0.15) is 36.1 Å². The summed E-state index contributed by atoms with van der Waals surface area (Å²) in [6, 6.07) is 11.0. The molecule has 2 N–H and O–H groups in total. The molecule has 0 fully saturated rings. The van der Waals surface area contributed by atoms with Gasteiger partial charge >= 0.3 is 0 Å². The van der Waals surface area contributed by atoms with Gasteiger partial charge in [-0.25, -0.2) is 4.39 Å². The van der Waals surface area contributed by atoms with E-state index in [2.05, 4.69) is 12.2 Å². The number of aliphatic hydroxyl groups is 1. The van der Waals surface area contributed by atoms with Crippen molar-refractivity contribution in [3.63, 3.8) is 0 Å². The van der Waals surface area contributed by atoms with Gasteiger partial charge < -0.3 is 19.9 Å². The Morgan fingerprint density at radius 3 is 2.67 bits per heavy atom. The predicted octanol–water partition coefficient (Wildman–Crippen LogP) is 3.33. The lowest BCUT2D eigenvalue weighted by molar-refractivity contribution is 0.171. The minimum atomic E-state index is -0.375. The summed E-state index contributed by atoms with van der Waals surface area (Å²) in [6.45, 7) is 3.57. The van der Waals surface area contributed by atoms with Gasteiger partial charge in [0.05, 0.1) is 6.61 Å². The second kappa shape index (κ2) is 7.64. The Kier molecular flexibility index (Phi) is 5.33. The number of benzene rings is 2. The SMILES string of the molecule is CCC(NCc1ccc(F)c(CO)c1)c1ccc2c(c1)OCCO2. The van der Waals surface area contributed by atoms with Crippen LogP contribution in [0.5, 0.6) is 11.5 Å². The first-order chi connectivity index (χ1) is 11.7. The summed E-state index contributed by atoms with van der Waals surface area (Å²) in [4.78, 5) is 0. The van der Waals surface area contributed by atoms with Gasteiger partial charge in [-0.3, -0.25) is 0 Å². The summed E-state index contributed by atoms with van der Waals surface area (Å²) in [7, 11) is 0. The van der Waals surface area contributed by atoms with E-state index < -0.39 is 0 Å². The van der Waals surface area contributed by atoms with Gasteiger partial charge in [0.1, 0.15) is 19.0 Å². The van der Waals surface area contributed by atoms with Crippen LogP contribution in [0.2, 0.25) is 0 Å². The van der Waals surface area contributed by atoms with Crippen molar-refractivity contribution < 1.29 is 19.0 Å². The monoisotopic (exact) mass is 331 g/mol. The van der Waals surface area contributed by atoms with Crippen molar-refractivity contribution in [2.24, 2.45) is 0 Å². The average molecular weight is 331 g/mol. The molecular weight excluding hydrogens is 309 g/mol. The topological polar surface area (TPSA) is 50.7 Å². The molecule has 128 valence electrons. The first-order valence-corrected chi connectivity index (χ1v) is 8.22. The van der Waals surface area contributed by atoms with Gasteiger partial charge in [0.15, 0.2) is 11.5 Å². The largest absolute Gasteiger partial charge is 0.486 e. The highest BCUT2D eigenvalue weighted by molar-refractivity contribution is 5.44. The van der Waals surface area contributed by atoms with Crippen LogP contribution in [0.4, 0.5) is 4.39 Å². The number of hydrogen-bond donors (Lipinski definition) is 2. The third-order valence-electron chi connectivity index (χ3n) is 4.21. The van der Waals surface area contributed by atoms with Crippen molar-refractivity contribution in [1.29, 1.82) is 0 Å². The summed E-state index contributed by atoms with van der Waals surface area (Å²) in [5.74, 6) is 1.19. The quantitative estimate of drug-likeness (QED) is 0.852. The summed E-state index contributed by atoms with van der Waals surface area (Å²) < 4.78 is 24.7. The number of ether oxygens (including phenoxy) is 2. The standard InChI is InChI=1S/C19H22FNO3/c1-2-17(14-4-6-18-19(10-14)24-8-7-23-18)21-11-13-3-5-16(20)15(9-13)12-22/h3-6,9-10,17,21-22H,2,7-8,11-12H2,1H3. The lowest BCUT2D eigenvalue weighted by Gasteiger charge is -2.22. The molecule has 24 heavy (non-hydrogen) atoms. The predicted molar refractivity (Wildman–Crippen MR) is 89.6 cm³/mol. The van der Waals surface area contributed by atoms with E-state index in [0.717, 1.165) is 29.0 Å². The summed E-state index contributed by atoms with van der Waals surface area (Å²) in [6.07, 6.45) is 0.910. The fraction of sp³-hybridized carbons (Fsp3) is 0.368. The van der Waals surface area contributed by atoms with Crippen molar-refractivity contribution in [2.75, 3.05) is 13.2 Å². The van der Waals surface area contributed by atoms with Crippen molar-refractivity contribution in [2.45, 2.75) is 32.5 Å². The van der Waals surface area contributed by atoms with Crippen molar-refractivity contribution in [3.05, 3.63) is 58.9 Å². The van der Waals surface area contributed by atoms with Crippen LogP contribution in [0.25, 0.3) is 0 Å². The Morgan fingerprint density at radius 1 is 1.12 bits per heavy atom. The molecule has 0 aromatic heterocycles. The zero-order valence-electron chi connectivity index (χ0n) is 13.7. The maximum Gasteiger partial charge on any atom is 0.161 e. The molecule has 3 rings (SSSR count). The van der Waals surface area contributed by atoms with E-state index >= 15 is 0 Å². The van der Waals surface area contributed by atoms with E-state index in [-0.39, 0.29) is 18.5 Å². The number of halogens is 1. The highest BCUT2D eigenvalue weighted by atomic mass is 19.1. The molecule has 0 amide bonds. The molecule has 0 saturated carbocycles. The lowest BCUT2D eigenvalue weighted by Crippen LogP contribution is -2.21. The Balaban J connectivity index is 1.71. The van der Waals surface area contributed by atoms with Crippen LogP contribution in [0.15, 0.2) is 36.4 Å². The van der Waals surface area contributed by atoms with Gasteiger partial charge in [-0.1, -0.05) is 19.1 Å². The number of hydrogen-bond acceptors (Lipinski definition) is 4. The minimum absolute atomic E-state index is 0.156. The highest BCUT2D eigenvalue weighted by Gasteiger charge is 2.16. The summed E-state index contributed by atoms with van der Waals surface area (Å²) in [5.41, 5.74) is 2.39. The third-order valence-corrected chi connectivity index (χ3v) is 4.21. The molecular formula is C19H22FNO3. The molecule has 0 bridgehead atoms. The smallest absolute Gasteiger partial charge is 0.161 e. The van der Waals surface area contributed by atoms with Gasteiger partial charge in [0.25, 0.3) is 0 Å². The summed E-state index contributed by atoms with van der Waals surface area (Å²) in [5, 5.41) is 12.6. The van der Waals surface area contributed by atoms with Crippen molar-refractivity contribution in [3.8, 4) is 11.5 Å². The van der Waals surface area contributed by atoms with Crippen LogP contribution >= 0.6 is 0 Å². The Morgan fingerprint density at radius 2 is 1.92 bits per heavy atom. The van der Waals surface area contributed by atoms with Crippen LogP contribution in [-0.4, -0.2) is 18.3 Å². The number of aliphatic hydroxyl groups excluding tert-OH is 1. The zero-order valence-corrected chi connectivity index (χ0v) is 13.7. The first kappa shape index (κ1) is 16.7. The summed E-state index contributed by atoms with van der Waals surface area (Å²) >= 11 is 0. The van der Waals surface area contributed by atoms with E-state index in [1.54, 1.807) is 12.1 Å². The fourth-order valence-corrected chi connectivity index (χ4v) is 2.87. The molecule has 0 spiro atoms. The average Bonchev–Trinajstić information content (AvgIpc) is 2.63. The lowest BCUT2D eigenvalue weighted by atomic mass is 10.0. The van der Waals surface area contributed by atoms with Crippen LogP contribution in [0, 0.1) is 5.82 Å². The van der Waals surface area contributed by atoms with Gasteiger partial charge in [-0.15, -0.1) is 0 Å². The molecule has 1 unspecified atom stereocenters. The zero-order chi connectivity index (χ0) is 16.9. The third kappa shape index (κ3) is 3.68. The molecule has 1 aliphatic heterocycles. The van der Waals surface area contributed by atoms with Crippen molar-refractivity contribution >= 4 is 0 Å².